The number of Topliss-reactive ketones (excluding diaryl/α,β-unsaturated/α-hetero) is 1. The number of ketones is 1. The molecule has 0 saturated carbocycles. The molecule has 4 heteroatoms. The second kappa shape index (κ2) is 5.64. The van der Waals surface area contributed by atoms with Gasteiger partial charge in [-0.15, -0.1) is 0 Å². The Hall–Kier alpha value is -2.62. The molecule has 1 amide bonds. The molecule has 0 bridgehead atoms. The van der Waals surface area contributed by atoms with Gasteiger partial charge in [-0.05, 0) is 37.6 Å². The summed E-state index contributed by atoms with van der Waals surface area (Å²) in [6, 6.07) is 14.9. The summed E-state index contributed by atoms with van der Waals surface area (Å²) in [5, 5.41) is 0. The van der Waals surface area contributed by atoms with Crippen LogP contribution < -0.4 is 9.64 Å². The average molecular weight is 295 g/mol. The minimum Gasteiger partial charge on any atom is -0.482 e. The highest BCUT2D eigenvalue weighted by molar-refractivity contribution is 6.01. The third-order valence-corrected chi connectivity index (χ3v) is 3.91. The summed E-state index contributed by atoms with van der Waals surface area (Å²) in [5.74, 6) is 0.491. The summed E-state index contributed by atoms with van der Waals surface area (Å²) >= 11 is 0. The predicted molar refractivity (Wildman–Crippen MR) is 84.3 cm³/mol. The molecule has 1 aliphatic rings. The molecule has 112 valence electrons. The quantitative estimate of drug-likeness (QED) is 0.816. The lowest BCUT2D eigenvalue weighted by Gasteiger charge is -2.34. The first-order valence-corrected chi connectivity index (χ1v) is 7.22. The Morgan fingerprint density at radius 2 is 1.91 bits per heavy atom. The van der Waals surface area contributed by atoms with E-state index in [2.05, 4.69) is 0 Å². The molecule has 0 radical (unpaired) electrons. The van der Waals surface area contributed by atoms with Gasteiger partial charge in [0, 0.05) is 5.56 Å². The zero-order valence-corrected chi connectivity index (χ0v) is 12.6. The maximum atomic E-state index is 12.4. The van der Waals surface area contributed by atoms with Gasteiger partial charge in [-0.25, -0.2) is 0 Å². The maximum absolute atomic E-state index is 12.4. The number of carbonyl (C=O) groups excluding carboxylic acids is 2. The van der Waals surface area contributed by atoms with E-state index in [1.165, 1.54) is 6.92 Å². The highest BCUT2D eigenvalue weighted by atomic mass is 16.5. The van der Waals surface area contributed by atoms with Crippen molar-refractivity contribution in [2.45, 2.75) is 19.9 Å². The largest absolute Gasteiger partial charge is 0.482 e. The van der Waals surface area contributed by atoms with E-state index in [4.69, 9.17) is 4.74 Å². The van der Waals surface area contributed by atoms with Gasteiger partial charge in [0.05, 0.1) is 11.7 Å². The molecule has 2 aromatic carbocycles. The second-order valence-electron chi connectivity index (χ2n) is 5.38. The van der Waals surface area contributed by atoms with Gasteiger partial charge in [-0.3, -0.25) is 14.5 Å². The topological polar surface area (TPSA) is 46.6 Å². The van der Waals surface area contributed by atoms with Crippen molar-refractivity contribution in [1.82, 2.24) is 0 Å². The molecule has 1 unspecified atom stereocenters. The molecular formula is C18H17NO3. The van der Waals surface area contributed by atoms with Crippen LogP contribution in [0.3, 0.4) is 0 Å². The van der Waals surface area contributed by atoms with E-state index in [-0.39, 0.29) is 24.3 Å². The third-order valence-electron chi connectivity index (χ3n) is 3.91. The fraction of sp³-hybridized carbons (Fsp3) is 0.222. The fourth-order valence-corrected chi connectivity index (χ4v) is 2.70. The highest BCUT2D eigenvalue weighted by Gasteiger charge is 2.30. The van der Waals surface area contributed by atoms with Crippen molar-refractivity contribution in [2.75, 3.05) is 11.5 Å². The fourth-order valence-electron chi connectivity index (χ4n) is 2.70. The number of hydrogen-bond donors (Lipinski definition) is 0. The molecule has 1 atom stereocenters. The molecule has 2 aromatic rings. The van der Waals surface area contributed by atoms with Crippen LogP contribution in [0.1, 0.15) is 35.8 Å². The number of hydrogen-bond acceptors (Lipinski definition) is 3. The number of rotatable bonds is 3. The Morgan fingerprint density at radius 3 is 2.59 bits per heavy atom. The molecule has 0 aliphatic carbocycles. The summed E-state index contributed by atoms with van der Waals surface area (Å²) in [6.07, 6.45) is 0. The Kier molecular flexibility index (Phi) is 3.67. The van der Waals surface area contributed by atoms with Crippen LogP contribution in [0.2, 0.25) is 0 Å². The molecule has 0 N–H and O–H groups in total. The summed E-state index contributed by atoms with van der Waals surface area (Å²) in [6.45, 7) is 3.50. The third kappa shape index (κ3) is 2.48. The standard InChI is InChI=1S/C18H17NO3/c1-12(14-6-4-3-5-7-14)19-16-10-15(13(2)20)8-9-17(16)22-11-18(19)21/h3-10,12H,11H2,1-2H3. The number of benzene rings is 2. The van der Waals surface area contributed by atoms with Gasteiger partial charge in [0.2, 0.25) is 0 Å². The molecule has 1 aliphatic heterocycles. The van der Waals surface area contributed by atoms with Gasteiger partial charge in [0.15, 0.2) is 12.4 Å². The first-order valence-electron chi connectivity index (χ1n) is 7.22. The molecule has 0 saturated heterocycles. The Bertz CT molecular complexity index is 724. The van der Waals surface area contributed by atoms with Gasteiger partial charge in [0.25, 0.3) is 5.91 Å². The van der Waals surface area contributed by atoms with E-state index in [0.717, 1.165) is 5.56 Å². The van der Waals surface area contributed by atoms with Crippen LogP contribution in [0.15, 0.2) is 48.5 Å². The van der Waals surface area contributed by atoms with E-state index >= 15 is 0 Å². The van der Waals surface area contributed by atoms with Crippen molar-refractivity contribution in [3.05, 3.63) is 59.7 Å². The van der Waals surface area contributed by atoms with Gasteiger partial charge >= 0.3 is 0 Å². The summed E-state index contributed by atoms with van der Waals surface area (Å²) in [5.41, 5.74) is 2.26. The zero-order chi connectivity index (χ0) is 15.7. The van der Waals surface area contributed by atoms with Crippen LogP contribution >= 0.6 is 0 Å². The number of fused-ring (bicyclic) bond motifs is 1. The van der Waals surface area contributed by atoms with Crippen molar-refractivity contribution in [2.24, 2.45) is 0 Å². The summed E-state index contributed by atoms with van der Waals surface area (Å²) in [7, 11) is 0. The molecule has 3 rings (SSSR count). The monoisotopic (exact) mass is 295 g/mol. The second-order valence-corrected chi connectivity index (χ2v) is 5.38. The number of carbonyl (C=O) groups is 2. The van der Waals surface area contributed by atoms with Crippen molar-refractivity contribution in [3.63, 3.8) is 0 Å². The molecule has 1 heterocycles. The van der Waals surface area contributed by atoms with Crippen LogP contribution in [0, 0.1) is 0 Å². The maximum Gasteiger partial charge on any atom is 0.265 e. The van der Waals surface area contributed by atoms with Crippen LogP contribution in [0.5, 0.6) is 5.75 Å². The van der Waals surface area contributed by atoms with Crippen molar-refractivity contribution in [3.8, 4) is 5.75 Å². The molecule has 0 spiro atoms. The summed E-state index contributed by atoms with van der Waals surface area (Å²) < 4.78 is 5.48. The number of ether oxygens (including phenoxy) is 1. The van der Waals surface area contributed by atoms with E-state index in [1.807, 2.05) is 37.3 Å². The smallest absolute Gasteiger partial charge is 0.265 e. The normalized spacial score (nSPS) is 15.0. The average Bonchev–Trinajstić information content (AvgIpc) is 2.54. The molecule has 0 aromatic heterocycles. The van der Waals surface area contributed by atoms with Crippen LogP contribution in [0.25, 0.3) is 0 Å². The van der Waals surface area contributed by atoms with E-state index in [1.54, 1.807) is 23.1 Å². The minimum absolute atomic E-state index is 0.0175. The molecular weight excluding hydrogens is 278 g/mol. The number of nitrogens with zero attached hydrogens (tertiary/aromatic N) is 1. The van der Waals surface area contributed by atoms with Crippen LogP contribution in [0.4, 0.5) is 5.69 Å². The lowest BCUT2D eigenvalue weighted by atomic mass is 10.0. The minimum atomic E-state index is -0.126. The number of amides is 1. The molecule has 22 heavy (non-hydrogen) atoms. The first-order chi connectivity index (χ1) is 10.6. The summed E-state index contributed by atoms with van der Waals surface area (Å²) in [4.78, 5) is 25.7. The predicted octanol–water partition coefficient (Wildman–Crippen LogP) is 3.38. The molecule has 4 nitrogen and oxygen atoms in total. The van der Waals surface area contributed by atoms with Crippen molar-refractivity contribution in [1.29, 1.82) is 0 Å². The Balaban J connectivity index is 2.07. The van der Waals surface area contributed by atoms with Gasteiger partial charge < -0.3 is 4.74 Å². The van der Waals surface area contributed by atoms with Gasteiger partial charge in [-0.1, -0.05) is 30.3 Å². The van der Waals surface area contributed by atoms with Gasteiger partial charge in [0.1, 0.15) is 5.75 Å². The first kappa shape index (κ1) is 14.3. The van der Waals surface area contributed by atoms with Gasteiger partial charge in [-0.2, -0.15) is 0 Å². The lowest BCUT2D eigenvalue weighted by Crippen LogP contribution is -2.40. The zero-order valence-electron chi connectivity index (χ0n) is 12.6. The Morgan fingerprint density at radius 1 is 1.18 bits per heavy atom. The van der Waals surface area contributed by atoms with Crippen LogP contribution in [-0.2, 0) is 4.79 Å². The molecule has 0 fully saturated rings. The van der Waals surface area contributed by atoms with Crippen LogP contribution in [-0.4, -0.2) is 18.3 Å². The Labute approximate surface area is 129 Å². The van der Waals surface area contributed by atoms with E-state index in [0.29, 0.717) is 17.0 Å². The van der Waals surface area contributed by atoms with Crippen molar-refractivity contribution < 1.29 is 14.3 Å². The number of anilines is 1. The van der Waals surface area contributed by atoms with E-state index < -0.39 is 0 Å². The SMILES string of the molecule is CC(=O)c1ccc2c(c1)N(C(C)c1ccccc1)C(=O)CO2. The van der Waals surface area contributed by atoms with E-state index in [9.17, 15) is 9.59 Å². The van der Waals surface area contributed by atoms with Crippen molar-refractivity contribution >= 4 is 17.4 Å². The lowest BCUT2D eigenvalue weighted by molar-refractivity contribution is -0.121. The highest BCUT2D eigenvalue weighted by Crippen LogP contribution is 2.38.